The molecule has 0 spiro atoms. The number of amides is 1. The van der Waals surface area contributed by atoms with Crippen LogP contribution < -0.4 is 15.2 Å². The summed E-state index contributed by atoms with van der Waals surface area (Å²) >= 11 is 0. The van der Waals surface area contributed by atoms with Crippen molar-refractivity contribution in [2.45, 2.75) is 18.9 Å². The van der Waals surface area contributed by atoms with E-state index in [1.165, 1.54) is 6.07 Å². The number of fused-ring (bicyclic) bond motifs is 5. The summed E-state index contributed by atoms with van der Waals surface area (Å²) in [7, 11) is 0. The Labute approximate surface area is 179 Å². The normalized spacial score (nSPS) is 18.5. The van der Waals surface area contributed by atoms with Gasteiger partial charge in [0.1, 0.15) is 18.5 Å². The van der Waals surface area contributed by atoms with E-state index in [0.29, 0.717) is 19.8 Å². The number of rotatable bonds is 1. The third kappa shape index (κ3) is 3.32. The number of hydrogen-bond acceptors (Lipinski definition) is 5. The van der Waals surface area contributed by atoms with Gasteiger partial charge in [-0.05, 0) is 24.5 Å². The number of hydrogen-bond donors (Lipinski definition) is 1. The summed E-state index contributed by atoms with van der Waals surface area (Å²) in [4.78, 5) is 27.0. The monoisotopic (exact) mass is 417 g/mol. The van der Waals surface area contributed by atoms with E-state index < -0.39 is 11.2 Å². The predicted molar refractivity (Wildman–Crippen MR) is 116 cm³/mol. The highest BCUT2D eigenvalue weighted by Gasteiger charge is 2.37. The molecule has 2 bridgehead atoms. The molecule has 3 heterocycles. The molecule has 7 heteroatoms. The molecule has 3 aromatic rings. The van der Waals surface area contributed by atoms with Crippen LogP contribution in [0.2, 0.25) is 0 Å². The van der Waals surface area contributed by atoms with Gasteiger partial charge >= 0.3 is 0 Å². The minimum absolute atomic E-state index is 0.00247. The highest BCUT2D eigenvalue weighted by atomic mass is 16.5. The third-order valence-electron chi connectivity index (χ3n) is 5.84. The lowest BCUT2D eigenvalue weighted by atomic mass is 9.97. The fourth-order valence-corrected chi connectivity index (χ4v) is 4.34. The molecule has 0 saturated heterocycles. The minimum atomic E-state index is -0.564. The van der Waals surface area contributed by atoms with Crippen molar-refractivity contribution in [3.8, 4) is 11.5 Å². The third-order valence-corrected chi connectivity index (χ3v) is 5.84. The van der Waals surface area contributed by atoms with Gasteiger partial charge in [-0.3, -0.25) is 19.3 Å². The molecule has 2 aliphatic rings. The molecule has 0 aliphatic carbocycles. The summed E-state index contributed by atoms with van der Waals surface area (Å²) < 4.78 is 7.75. The minimum Gasteiger partial charge on any atom is -0.502 e. The Morgan fingerprint density at radius 3 is 2.55 bits per heavy atom. The van der Waals surface area contributed by atoms with Gasteiger partial charge in [0, 0.05) is 24.4 Å². The van der Waals surface area contributed by atoms with Gasteiger partial charge in [-0.2, -0.15) is 0 Å². The molecule has 1 atom stereocenters. The topological polar surface area (TPSA) is 75.0 Å². The van der Waals surface area contributed by atoms with E-state index in [2.05, 4.69) is 0 Å². The highest BCUT2D eigenvalue weighted by molar-refractivity contribution is 5.96. The molecule has 2 aromatic carbocycles. The molecular weight excluding hydrogens is 394 g/mol. The van der Waals surface area contributed by atoms with Crippen LogP contribution in [0.5, 0.6) is 11.5 Å². The summed E-state index contributed by atoms with van der Waals surface area (Å²) in [5.74, 6) is -0.0753. The maximum absolute atomic E-state index is 13.2. The van der Waals surface area contributed by atoms with Crippen LogP contribution in [0.1, 0.15) is 40.5 Å². The Morgan fingerprint density at radius 1 is 0.935 bits per heavy atom. The van der Waals surface area contributed by atoms with Crippen molar-refractivity contribution in [1.29, 1.82) is 0 Å². The van der Waals surface area contributed by atoms with E-state index in [-0.39, 0.29) is 17.6 Å². The van der Waals surface area contributed by atoms with E-state index in [0.717, 1.165) is 29.7 Å². The highest BCUT2D eigenvalue weighted by Crippen LogP contribution is 2.37. The van der Waals surface area contributed by atoms with Gasteiger partial charge in [0.15, 0.2) is 11.4 Å². The maximum atomic E-state index is 13.2. The van der Waals surface area contributed by atoms with Crippen LogP contribution in [0.4, 0.5) is 0 Å². The fourth-order valence-electron chi connectivity index (χ4n) is 4.34. The number of aromatic hydroxyl groups is 1. The van der Waals surface area contributed by atoms with Crippen LogP contribution in [0.25, 0.3) is 0 Å². The van der Waals surface area contributed by atoms with E-state index in [4.69, 9.17) is 4.74 Å². The van der Waals surface area contributed by atoms with Crippen molar-refractivity contribution >= 4 is 5.91 Å². The zero-order chi connectivity index (χ0) is 21.4. The first kappa shape index (κ1) is 19.2. The second-order valence-electron chi connectivity index (χ2n) is 7.78. The number of carbonyl (C=O) groups is 1. The molecular formula is C24H23N3O4. The number of ether oxygens (including phenoxy) is 1. The average molecular weight is 417 g/mol. The number of carbonyl (C=O) groups excluding carboxylic acids is 1. The molecule has 0 radical (unpaired) electrons. The van der Waals surface area contributed by atoms with Gasteiger partial charge in [-0.15, -0.1) is 0 Å². The lowest BCUT2D eigenvalue weighted by Gasteiger charge is -2.44. The van der Waals surface area contributed by atoms with Gasteiger partial charge in [-0.1, -0.05) is 48.5 Å². The zero-order valence-corrected chi connectivity index (χ0v) is 17.0. The van der Waals surface area contributed by atoms with Crippen LogP contribution in [0, 0.1) is 0 Å². The standard InChI is InChI=1S/C24H23N3O4/c28-19-12-14-26-22(23(19)29)24(30)25-13-6-7-15-31-20-11-5-4-10-18(20)21(27(26)16-25)17-8-2-1-3-9-17/h1-5,8-12,14,21,29H,6-7,13,15-16H2. The SMILES string of the molecule is O=C1c2c(O)c(=O)ccn2N2CN1CCCCOc1ccccc1C2c1ccccc1. The van der Waals surface area contributed by atoms with Crippen molar-refractivity contribution in [3.63, 3.8) is 0 Å². The number of para-hydroxylation sites is 1. The number of aromatic nitrogens is 1. The van der Waals surface area contributed by atoms with Crippen LogP contribution in [0.15, 0.2) is 71.7 Å². The quantitative estimate of drug-likeness (QED) is 0.659. The molecule has 1 unspecified atom stereocenters. The maximum Gasteiger partial charge on any atom is 0.277 e. The number of nitrogens with zero attached hydrogens (tertiary/aromatic N) is 3. The summed E-state index contributed by atoms with van der Waals surface area (Å²) in [6.45, 7) is 1.39. The van der Waals surface area contributed by atoms with Crippen LogP contribution in [0.3, 0.4) is 0 Å². The summed E-state index contributed by atoms with van der Waals surface area (Å²) in [5.41, 5.74) is 1.40. The summed E-state index contributed by atoms with van der Waals surface area (Å²) in [6.07, 6.45) is 3.11. The van der Waals surface area contributed by atoms with Crippen molar-refractivity contribution in [3.05, 3.63) is 93.9 Å². The van der Waals surface area contributed by atoms with E-state index in [1.54, 1.807) is 15.8 Å². The van der Waals surface area contributed by atoms with Crippen LogP contribution >= 0.6 is 0 Å². The number of pyridine rings is 1. The molecule has 7 nitrogen and oxygen atoms in total. The Bertz CT molecular complexity index is 1170. The van der Waals surface area contributed by atoms with E-state index >= 15 is 0 Å². The molecule has 0 fully saturated rings. The van der Waals surface area contributed by atoms with Crippen LogP contribution in [-0.4, -0.2) is 40.4 Å². The molecule has 1 aromatic heterocycles. The fraction of sp³-hybridized carbons (Fsp3) is 0.250. The molecule has 1 amide bonds. The molecule has 158 valence electrons. The van der Waals surface area contributed by atoms with Crippen LogP contribution in [-0.2, 0) is 0 Å². The zero-order valence-electron chi connectivity index (χ0n) is 17.0. The Balaban J connectivity index is 1.78. The average Bonchev–Trinajstić information content (AvgIpc) is 2.82. The lowest BCUT2D eigenvalue weighted by Crippen LogP contribution is -2.55. The Hall–Kier alpha value is -3.74. The summed E-state index contributed by atoms with van der Waals surface area (Å²) in [6, 6.07) is 18.9. The first-order valence-electron chi connectivity index (χ1n) is 10.4. The number of benzene rings is 2. The molecule has 2 aliphatic heterocycles. The van der Waals surface area contributed by atoms with Crippen molar-refractivity contribution in [2.75, 3.05) is 24.8 Å². The van der Waals surface area contributed by atoms with Gasteiger partial charge in [0.05, 0.1) is 6.61 Å². The van der Waals surface area contributed by atoms with E-state index in [9.17, 15) is 14.7 Å². The van der Waals surface area contributed by atoms with Gasteiger partial charge < -0.3 is 14.7 Å². The molecule has 31 heavy (non-hydrogen) atoms. The molecule has 0 saturated carbocycles. The van der Waals surface area contributed by atoms with Crippen molar-refractivity contribution in [2.24, 2.45) is 0 Å². The first-order valence-corrected chi connectivity index (χ1v) is 10.4. The van der Waals surface area contributed by atoms with E-state index in [1.807, 2.05) is 59.6 Å². The largest absolute Gasteiger partial charge is 0.502 e. The Kier molecular flexibility index (Phi) is 4.86. The van der Waals surface area contributed by atoms with Gasteiger partial charge in [0.25, 0.3) is 5.91 Å². The second kappa shape index (κ2) is 7.83. The van der Waals surface area contributed by atoms with Crippen molar-refractivity contribution in [1.82, 2.24) is 9.58 Å². The molecule has 5 rings (SSSR count). The van der Waals surface area contributed by atoms with Gasteiger partial charge in [-0.25, -0.2) is 0 Å². The first-order chi connectivity index (χ1) is 15.1. The Morgan fingerprint density at radius 2 is 1.71 bits per heavy atom. The lowest BCUT2D eigenvalue weighted by molar-refractivity contribution is 0.0676. The molecule has 1 N–H and O–H groups in total. The smallest absolute Gasteiger partial charge is 0.277 e. The summed E-state index contributed by atoms with van der Waals surface area (Å²) in [5, 5.41) is 12.5. The van der Waals surface area contributed by atoms with Crippen molar-refractivity contribution < 1.29 is 14.6 Å². The predicted octanol–water partition coefficient (Wildman–Crippen LogP) is 2.87. The van der Waals surface area contributed by atoms with Gasteiger partial charge in [0.2, 0.25) is 5.43 Å². The second-order valence-corrected chi connectivity index (χ2v) is 7.78.